The number of nitrogen functional groups attached to an aromatic ring is 1. The van der Waals surface area contributed by atoms with Gasteiger partial charge in [0.1, 0.15) is 12.4 Å². The number of aliphatic imine (C=N–C) groups is 1. The third-order valence-corrected chi connectivity index (χ3v) is 2.72. The van der Waals surface area contributed by atoms with Crippen LogP contribution in [0.1, 0.15) is 6.42 Å². The van der Waals surface area contributed by atoms with Gasteiger partial charge in [-0.1, -0.05) is 0 Å². The molecule has 5 N–H and O–H groups in total. The van der Waals surface area contributed by atoms with Gasteiger partial charge in [0.05, 0.1) is 29.4 Å². The molecule has 0 saturated heterocycles. The molecule has 0 heterocycles. The number of nitrogens with one attached hydrogen (secondary N) is 2. The molecule has 1 aliphatic carbocycles. The molecule has 104 valence electrons. The molecule has 1 aromatic carbocycles. The van der Waals surface area contributed by atoms with Crippen molar-refractivity contribution in [1.82, 2.24) is 0 Å². The van der Waals surface area contributed by atoms with Crippen LogP contribution >= 0.6 is 0 Å². The standard InChI is InChI=1S/C14H16N4O2/c15-9-1-3-10(4-2-9)18-13-8-14(20-6-5-19)12(17)7-11(13)16/h1-4,8,16-17,19H,5-7,15H2. The van der Waals surface area contributed by atoms with Crippen LogP contribution in [0.25, 0.3) is 0 Å². The molecule has 0 spiro atoms. The fraction of sp³-hybridized carbons (Fsp3) is 0.214. The lowest BCUT2D eigenvalue weighted by molar-refractivity contribution is 0.155. The maximum atomic E-state index is 8.76. The molecule has 0 aromatic heterocycles. The third-order valence-electron chi connectivity index (χ3n) is 2.72. The van der Waals surface area contributed by atoms with Gasteiger partial charge >= 0.3 is 0 Å². The molecule has 0 aliphatic heterocycles. The highest BCUT2D eigenvalue weighted by Gasteiger charge is 2.20. The van der Waals surface area contributed by atoms with E-state index in [4.69, 9.17) is 26.4 Å². The molecule has 6 nitrogen and oxygen atoms in total. The Hall–Kier alpha value is -2.47. The predicted molar refractivity (Wildman–Crippen MR) is 79.1 cm³/mol. The number of ether oxygens (including phenoxy) is 1. The number of allylic oxidation sites excluding steroid dienone is 2. The number of nitrogens with two attached hydrogens (primary N) is 1. The molecule has 0 bridgehead atoms. The Labute approximate surface area is 116 Å². The Balaban J connectivity index is 2.28. The van der Waals surface area contributed by atoms with E-state index in [1.54, 1.807) is 30.3 Å². The Kier molecular flexibility index (Phi) is 4.27. The van der Waals surface area contributed by atoms with Crippen molar-refractivity contribution < 1.29 is 9.84 Å². The highest BCUT2D eigenvalue weighted by Crippen LogP contribution is 2.18. The van der Waals surface area contributed by atoms with Crippen molar-refractivity contribution in [1.29, 1.82) is 10.8 Å². The van der Waals surface area contributed by atoms with Crippen molar-refractivity contribution in [3.63, 3.8) is 0 Å². The normalized spacial score (nSPS) is 17.2. The number of hydrogen-bond acceptors (Lipinski definition) is 6. The largest absolute Gasteiger partial charge is 0.489 e. The van der Waals surface area contributed by atoms with E-state index in [9.17, 15) is 0 Å². The van der Waals surface area contributed by atoms with E-state index in [0.29, 0.717) is 22.8 Å². The van der Waals surface area contributed by atoms with E-state index in [-0.39, 0.29) is 31.1 Å². The molecule has 6 heteroatoms. The van der Waals surface area contributed by atoms with Crippen molar-refractivity contribution in [2.45, 2.75) is 6.42 Å². The topological polar surface area (TPSA) is 116 Å². The maximum Gasteiger partial charge on any atom is 0.142 e. The third kappa shape index (κ3) is 3.30. The first-order valence-corrected chi connectivity index (χ1v) is 6.15. The van der Waals surface area contributed by atoms with Crippen LogP contribution in [0.3, 0.4) is 0 Å². The summed E-state index contributed by atoms with van der Waals surface area (Å²) in [6.45, 7) is 0.00318. The van der Waals surface area contributed by atoms with E-state index in [1.807, 2.05) is 0 Å². The summed E-state index contributed by atoms with van der Waals surface area (Å²) < 4.78 is 5.27. The lowest BCUT2D eigenvalue weighted by Crippen LogP contribution is -2.24. The first-order chi connectivity index (χ1) is 9.60. The molecule has 0 saturated carbocycles. The molecule has 0 atom stereocenters. The summed E-state index contributed by atoms with van der Waals surface area (Å²) in [5, 5.41) is 24.4. The minimum atomic E-state index is -0.119. The molecule has 0 amide bonds. The number of rotatable bonds is 4. The Morgan fingerprint density at radius 2 is 1.90 bits per heavy atom. The molecule has 2 rings (SSSR count). The van der Waals surface area contributed by atoms with Gasteiger partial charge < -0.3 is 26.4 Å². The lowest BCUT2D eigenvalue weighted by Gasteiger charge is -2.17. The SMILES string of the molecule is N=C1CC(=N)C(=Nc2ccc(N)cc2)C=C1OCCO. The Bertz CT molecular complexity index is 588. The maximum absolute atomic E-state index is 8.76. The quantitative estimate of drug-likeness (QED) is 0.625. The zero-order valence-electron chi connectivity index (χ0n) is 10.9. The van der Waals surface area contributed by atoms with E-state index in [1.165, 1.54) is 0 Å². The van der Waals surface area contributed by atoms with Crippen molar-refractivity contribution in [2.75, 3.05) is 18.9 Å². The van der Waals surface area contributed by atoms with Crippen LogP contribution in [0.5, 0.6) is 0 Å². The smallest absolute Gasteiger partial charge is 0.142 e. The van der Waals surface area contributed by atoms with Crippen LogP contribution in [0.4, 0.5) is 11.4 Å². The molecule has 1 aliphatic rings. The zero-order valence-corrected chi connectivity index (χ0v) is 10.9. The molecule has 0 fully saturated rings. The van der Waals surface area contributed by atoms with Gasteiger partial charge in [0.2, 0.25) is 0 Å². The van der Waals surface area contributed by atoms with Gasteiger partial charge in [-0.25, -0.2) is 4.99 Å². The molecule has 1 aromatic rings. The van der Waals surface area contributed by atoms with Gasteiger partial charge in [0.15, 0.2) is 0 Å². The van der Waals surface area contributed by atoms with Gasteiger partial charge in [-0.05, 0) is 24.3 Å². The van der Waals surface area contributed by atoms with E-state index in [2.05, 4.69) is 4.99 Å². The van der Waals surface area contributed by atoms with Crippen molar-refractivity contribution in [3.8, 4) is 0 Å². The molecule has 0 unspecified atom stereocenters. The molecular weight excluding hydrogens is 256 g/mol. The summed E-state index contributed by atoms with van der Waals surface area (Å²) in [6, 6.07) is 7.00. The second-order valence-corrected chi connectivity index (χ2v) is 4.30. The average Bonchev–Trinajstić information content (AvgIpc) is 2.43. The first kappa shape index (κ1) is 14.0. The number of aliphatic hydroxyl groups excluding tert-OH is 1. The van der Waals surface area contributed by atoms with Crippen molar-refractivity contribution in [3.05, 3.63) is 36.1 Å². The second-order valence-electron chi connectivity index (χ2n) is 4.30. The number of anilines is 1. The van der Waals surface area contributed by atoms with Crippen LogP contribution in [-0.4, -0.2) is 35.5 Å². The zero-order chi connectivity index (χ0) is 14.5. The summed E-state index contributed by atoms with van der Waals surface area (Å²) in [5.41, 5.74) is 7.89. The van der Waals surface area contributed by atoms with Crippen LogP contribution in [0.15, 0.2) is 41.1 Å². The Morgan fingerprint density at radius 3 is 2.55 bits per heavy atom. The van der Waals surface area contributed by atoms with Gasteiger partial charge in [-0.2, -0.15) is 0 Å². The number of hydrogen-bond donors (Lipinski definition) is 4. The number of nitrogens with zero attached hydrogens (tertiary/aromatic N) is 1. The summed E-state index contributed by atoms with van der Waals surface area (Å²) in [6.07, 6.45) is 1.73. The summed E-state index contributed by atoms with van der Waals surface area (Å²) in [5.74, 6) is 0.351. The van der Waals surface area contributed by atoms with Crippen molar-refractivity contribution in [2.24, 2.45) is 4.99 Å². The first-order valence-electron chi connectivity index (χ1n) is 6.15. The van der Waals surface area contributed by atoms with Gasteiger partial charge in [-0.3, -0.25) is 0 Å². The highest BCUT2D eigenvalue weighted by molar-refractivity contribution is 6.51. The van der Waals surface area contributed by atoms with E-state index < -0.39 is 0 Å². The number of aliphatic hydroxyl groups is 1. The van der Waals surface area contributed by atoms with Crippen LogP contribution in [-0.2, 0) is 4.74 Å². The van der Waals surface area contributed by atoms with Gasteiger partial charge in [-0.15, -0.1) is 0 Å². The molecule has 0 radical (unpaired) electrons. The Morgan fingerprint density at radius 1 is 1.20 bits per heavy atom. The molecular formula is C14H16N4O2. The fourth-order valence-electron chi connectivity index (χ4n) is 1.72. The summed E-state index contributed by atoms with van der Waals surface area (Å²) in [7, 11) is 0. The minimum absolute atomic E-state index is 0.119. The van der Waals surface area contributed by atoms with Crippen LogP contribution in [0, 0.1) is 10.8 Å². The highest BCUT2D eigenvalue weighted by atomic mass is 16.5. The summed E-state index contributed by atoms with van der Waals surface area (Å²) in [4.78, 5) is 4.35. The lowest BCUT2D eigenvalue weighted by atomic mass is 10.00. The van der Waals surface area contributed by atoms with Gasteiger partial charge in [0.25, 0.3) is 0 Å². The van der Waals surface area contributed by atoms with E-state index >= 15 is 0 Å². The van der Waals surface area contributed by atoms with Gasteiger partial charge in [0, 0.05) is 18.2 Å². The predicted octanol–water partition coefficient (Wildman–Crippen LogP) is 1.68. The van der Waals surface area contributed by atoms with Crippen molar-refractivity contribution >= 4 is 28.5 Å². The summed E-state index contributed by atoms with van der Waals surface area (Å²) >= 11 is 0. The average molecular weight is 272 g/mol. The van der Waals surface area contributed by atoms with Crippen LogP contribution in [0.2, 0.25) is 0 Å². The minimum Gasteiger partial charge on any atom is -0.489 e. The van der Waals surface area contributed by atoms with Crippen LogP contribution < -0.4 is 5.73 Å². The van der Waals surface area contributed by atoms with E-state index in [0.717, 1.165) is 0 Å². The second kappa shape index (κ2) is 6.12. The monoisotopic (exact) mass is 272 g/mol. The number of benzene rings is 1. The molecule has 20 heavy (non-hydrogen) atoms. The fourth-order valence-corrected chi connectivity index (χ4v) is 1.72.